The molecule has 4 nitrogen and oxygen atoms in total. The molecule has 0 saturated carbocycles. The summed E-state index contributed by atoms with van der Waals surface area (Å²) < 4.78 is 24.8. The summed E-state index contributed by atoms with van der Waals surface area (Å²) in [5, 5.41) is 3.14. The Morgan fingerprint density at radius 3 is 2.74 bits per heavy atom. The summed E-state index contributed by atoms with van der Waals surface area (Å²) in [6.07, 6.45) is -0.186. The van der Waals surface area contributed by atoms with E-state index in [-0.39, 0.29) is 16.3 Å². The quantitative estimate of drug-likeness (QED) is 0.698. The number of benzene rings is 2. The Kier molecular flexibility index (Phi) is 4.21. The third-order valence-corrected chi connectivity index (χ3v) is 3.60. The van der Waals surface area contributed by atoms with Crippen molar-refractivity contribution in [2.45, 2.75) is 13.3 Å². The standard InChI is InChI=1S/C17H13ClFNO3/c1-2-10-8-12-13(18)9-14(19)15(16(12)22-10)20-17(21)23-11-6-4-3-5-7-11/h3-9H,2H2,1H3,(H,20,21). The Morgan fingerprint density at radius 2 is 2.04 bits per heavy atom. The number of hydrogen-bond donors (Lipinski definition) is 1. The SMILES string of the molecule is CCc1cc2c(Cl)cc(F)c(NC(=O)Oc3ccccc3)c2o1. The number of carbonyl (C=O) groups is 1. The van der Waals surface area contributed by atoms with Crippen LogP contribution in [0.4, 0.5) is 14.9 Å². The minimum atomic E-state index is -0.812. The minimum absolute atomic E-state index is 0.0926. The van der Waals surface area contributed by atoms with E-state index in [9.17, 15) is 9.18 Å². The van der Waals surface area contributed by atoms with Crippen molar-refractivity contribution in [3.05, 3.63) is 59.1 Å². The number of hydrogen-bond acceptors (Lipinski definition) is 3. The highest BCUT2D eigenvalue weighted by Crippen LogP contribution is 2.35. The highest BCUT2D eigenvalue weighted by atomic mass is 35.5. The van der Waals surface area contributed by atoms with Gasteiger partial charge >= 0.3 is 6.09 Å². The molecule has 0 radical (unpaired) electrons. The van der Waals surface area contributed by atoms with Gasteiger partial charge in [-0.3, -0.25) is 5.32 Å². The van der Waals surface area contributed by atoms with Crippen molar-refractivity contribution in [1.82, 2.24) is 0 Å². The predicted molar refractivity (Wildman–Crippen MR) is 86.6 cm³/mol. The second-order valence-electron chi connectivity index (χ2n) is 4.85. The van der Waals surface area contributed by atoms with E-state index in [2.05, 4.69) is 5.32 Å². The van der Waals surface area contributed by atoms with Gasteiger partial charge in [0.2, 0.25) is 0 Å². The molecule has 1 heterocycles. The van der Waals surface area contributed by atoms with Crippen LogP contribution in [0, 0.1) is 5.82 Å². The van der Waals surface area contributed by atoms with Crippen LogP contribution in [0.15, 0.2) is 46.9 Å². The fourth-order valence-electron chi connectivity index (χ4n) is 2.19. The first-order chi connectivity index (χ1) is 11.1. The molecule has 0 aliphatic carbocycles. The molecule has 1 amide bonds. The lowest BCUT2D eigenvalue weighted by Crippen LogP contribution is -2.17. The van der Waals surface area contributed by atoms with Crippen LogP contribution in [0.5, 0.6) is 5.75 Å². The number of nitrogens with one attached hydrogen (secondary N) is 1. The molecule has 6 heteroatoms. The number of aryl methyl sites for hydroxylation is 1. The molecule has 23 heavy (non-hydrogen) atoms. The van der Waals surface area contributed by atoms with E-state index >= 15 is 0 Å². The molecule has 0 aliphatic heterocycles. The molecule has 0 unspecified atom stereocenters. The first kappa shape index (κ1) is 15.4. The van der Waals surface area contributed by atoms with Crippen LogP contribution in [0.25, 0.3) is 11.0 Å². The molecule has 1 N–H and O–H groups in total. The van der Waals surface area contributed by atoms with Gasteiger partial charge < -0.3 is 9.15 Å². The van der Waals surface area contributed by atoms with Gasteiger partial charge in [-0.25, -0.2) is 9.18 Å². The van der Waals surface area contributed by atoms with Crippen LogP contribution < -0.4 is 10.1 Å². The second kappa shape index (κ2) is 6.30. The normalized spacial score (nSPS) is 10.7. The molecule has 1 aromatic heterocycles. The number of carbonyl (C=O) groups excluding carboxylic acids is 1. The highest BCUT2D eigenvalue weighted by molar-refractivity contribution is 6.36. The predicted octanol–water partition coefficient (Wildman–Crippen LogP) is 5.40. The van der Waals surface area contributed by atoms with Crippen molar-refractivity contribution in [3.8, 4) is 5.75 Å². The summed E-state index contributed by atoms with van der Waals surface area (Å²) in [6.45, 7) is 1.90. The summed E-state index contributed by atoms with van der Waals surface area (Å²) in [5.41, 5.74) is 0.0990. The molecule has 3 aromatic rings. The molecule has 0 bridgehead atoms. The Bertz CT molecular complexity index is 861. The van der Waals surface area contributed by atoms with Crippen LogP contribution in [0.1, 0.15) is 12.7 Å². The summed E-state index contributed by atoms with van der Waals surface area (Å²) >= 11 is 6.03. The lowest BCUT2D eigenvalue weighted by molar-refractivity contribution is 0.215. The van der Waals surface area contributed by atoms with Crippen molar-refractivity contribution < 1.29 is 18.3 Å². The summed E-state index contributed by atoms with van der Waals surface area (Å²) in [6, 6.07) is 11.3. The smallest absolute Gasteiger partial charge is 0.417 e. The highest BCUT2D eigenvalue weighted by Gasteiger charge is 2.19. The van der Waals surface area contributed by atoms with E-state index in [1.807, 2.05) is 6.92 Å². The zero-order valence-electron chi connectivity index (χ0n) is 12.2. The van der Waals surface area contributed by atoms with Crippen molar-refractivity contribution in [3.63, 3.8) is 0 Å². The number of ether oxygens (including phenoxy) is 1. The van der Waals surface area contributed by atoms with Gasteiger partial charge in [-0.2, -0.15) is 0 Å². The molecular formula is C17H13ClFNO3. The molecule has 3 rings (SSSR count). The molecule has 0 saturated heterocycles. The van der Waals surface area contributed by atoms with E-state index in [0.717, 1.165) is 6.07 Å². The van der Waals surface area contributed by atoms with Crippen molar-refractivity contribution >= 4 is 34.4 Å². The topological polar surface area (TPSA) is 51.5 Å². The average Bonchev–Trinajstić information content (AvgIpc) is 2.97. The number of amides is 1. The van der Waals surface area contributed by atoms with E-state index < -0.39 is 11.9 Å². The maximum Gasteiger partial charge on any atom is 0.417 e. The Balaban J connectivity index is 1.93. The van der Waals surface area contributed by atoms with E-state index in [0.29, 0.717) is 23.3 Å². The van der Waals surface area contributed by atoms with Gasteiger partial charge in [-0.15, -0.1) is 0 Å². The van der Waals surface area contributed by atoms with E-state index in [1.165, 1.54) is 0 Å². The molecule has 0 atom stereocenters. The van der Waals surface area contributed by atoms with Gasteiger partial charge in [-0.1, -0.05) is 36.7 Å². The number of anilines is 1. The van der Waals surface area contributed by atoms with Crippen LogP contribution >= 0.6 is 11.6 Å². The summed E-state index contributed by atoms with van der Waals surface area (Å²) in [4.78, 5) is 12.0. The second-order valence-corrected chi connectivity index (χ2v) is 5.26. The lowest BCUT2D eigenvalue weighted by atomic mass is 10.2. The van der Waals surface area contributed by atoms with Gasteiger partial charge in [0.05, 0.1) is 5.02 Å². The van der Waals surface area contributed by atoms with Crippen LogP contribution in [0.2, 0.25) is 5.02 Å². The number of rotatable bonds is 3. The van der Waals surface area contributed by atoms with Crippen LogP contribution in [-0.4, -0.2) is 6.09 Å². The van der Waals surface area contributed by atoms with E-state index in [1.54, 1.807) is 36.4 Å². The van der Waals surface area contributed by atoms with Gasteiger partial charge in [-0.05, 0) is 24.3 Å². The largest absolute Gasteiger partial charge is 0.459 e. The van der Waals surface area contributed by atoms with Crippen molar-refractivity contribution in [2.24, 2.45) is 0 Å². The zero-order valence-corrected chi connectivity index (χ0v) is 13.0. The van der Waals surface area contributed by atoms with Gasteiger partial charge in [0.1, 0.15) is 17.2 Å². The fraction of sp³-hybridized carbons (Fsp3) is 0.118. The first-order valence-electron chi connectivity index (χ1n) is 7.02. The van der Waals surface area contributed by atoms with Crippen molar-refractivity contribution in [2.75, 3.05) is 5.32 Å². The maximum atomic E-state index is 14.2. The third kappa shape index (κ3) is 3.14. The van der Waals surface area contributed by atoms with Crippen LogP contribution in [-0.2, 0) is 6.42 Å². The minimum Gasteiger partial charge on any atom is -0.459 e. The summed E-state index contributed by atoms with van der Waals surface area (Å²) in [7, 11) is 0. The number of furan rings is 1. The number of para-hydroxylation sites is 1. The fourth-order valence-corrected chi connectivity index (χ4v) is 2.42. The lowest BCUT2D eigenvalue weighted by Gasteiger charge is -2.08. The van der Waals surface area contributed by atoms with Crippen molar-refractivity contribution in [1.29, 1.82) is 0 Å². The maximum absolute atomic E-state index is 14.2. The molecule has 2 aromatic carbocycles. The average molecular weight is 334 g/mol. The molecule has 0 spiro atoms. The van der Waals surface area contributed by atoms with Gasteiger partial charge in [0, 0.05) is 11.8 Å². The third-order valence-electron chi connectivity index (χ3n) is 3.29. The number of fused-ring (bicyclic) bond motifs is 1. The first-order valence-corrected chi connectivity index (χ1v) is 7.40. The molecular weight excluding hydrogens is 321 g/mol. The Morgan fingerprint density at radius 1 is 1.30 bits per heavy atom. The van der Waals surface area contributed by atoms with Crippen LogP contribution in [0.3, 0.4) is 0 Å². The van der Waals surface area contributed by atoms with E-state index in [4.69, 9.17) is 20.8 Å². The summed E-state index contributed by atoms with van der Waals surface area (Å²) in [5.74, 6) is 0.306. The Hall–Kier alpha value is -2.53. The van der Waals surface area contributed by atoms with Gasteiger partial charge in [0.25, 0.3) is 0 Å². The monoisotopic (exact) mass is 333 g/mol. The molecule has 118 valence electrons. The Labute approximate surface area is 136 Å². The zero-order chi connectivity index (χ0) is 16.4. The number of halogens is 2. The molecule has 0 fully saturated rings. The van der Waals surface area contributed by atoms with Gasteiger partial charge in [0.15, 0.2) is 11.4 Å². The molecule has 0 aliphatic rings.